The first-order chi connectivity index (χ1) is 9.28. The van der Waals surface area contributed by atoms with Crippen LogP contribution in [0.4, 0.5) is 5.69 Å². The van der Waals surface area contributed by atoms with E-state index < -0.39 is 0 Å². The topological polar surface area (TPSA) is 30.5 Å². The lowest BCUT2D eigenvalue weighted by Crippen LogP contribution is -2.13. The lowest BCUT2D eigenvalue weighted by Gasteiger charge is -2.10. The van der Waals surface area contributed by atoms with Crippen molar-refractivity contribution >= 4 is 23.1 Å². The van der Waals surface area contributed by atoms with Crippen molar-refractivity contribution in [2.45, 2.75) is 6.61 Å². The number of methoxy groups -OCH3 is 1. The highest BCUT2D eigenvalue weighted by Gasteiger charge is 2.01. The summed E-state index contributed by atoms with van der Waals surface area (Å²) in [4.78, 5) is 0. The van der Waals surface area contributed by atoms with E-state index in [1.165, 1.54) is 0 Å². The number of thiocarbonyl (C=S) groups is 1. The molecular formula is C15H15NO2S. The van der Waals surface area contributed by atoms with Crippen LogP contribution in [0.15, 0.2) is 54.6 Å². The summed E-state index contributed by atoms with van der Waals surface area (Å²) < 4.78 is 10.6. The number of anilines is 1. The van der Waals surface area contributed by atoms with Crippen molar-refractivity contribution < 1.29 is 9.47 Å². The maximum atomic E-state index is 5.49. The van der Waals surface area contributed by atoms with Crippen LogP contribution in [0, 0.1) is 0 Å². The maximum Gasteiger partial charge on any atom is 0.261 e. The van der Waals surface area contributed by atoms with E-state index in [2.05, 4.69) is 5.32 Å². The van der Waals surface area contributed by atoms with Gasteiger partial charge in [-0.05, 0) is 29.9 Å². The minimum absolute atomic E-state index is 0.345. The molecule has 0 amide bonds. The summed E-state index contributed by atoms with van der Waals surface area (Å²) in [5.41, 5.74) is 1.93. The summed E-state index contributed by atoms with van der Waals surface area (Å²) in [5, 5.41) is 3.36. The maximum absolute atomic E-state index is 5.49. The van der Waals surface area contributed by atoms with Gasteiger partial charge in [0.25, 0.3) is 5.17 Å². The van der Waals surface area contributed by atoms with Gasteiger partial charge in [0.05, 0.1) is 7.11 Å². The van der Waals surface area contributed by atoms with Crippen LogP contribution in [0.3, 0.4) is 0 Å². The van der Waals surface area contributed by atoms with Crippen LogP contribution in [0.25, 0.3) is 0 Å². The molecule has 0 unspecified atom stereocenters. The minimum Gasteiger partial charge on any atom is -0.497 e. The molecule has 19 heavy (non-hydrogen) atoms. The van der Waals surface area contributed by atoms with Crippen LogP contribution in [-0.2, 0) is 11.3 Å². The van der Waals surface area contributed by atoms with E-state index in [1.54, 1.807) is 7.11 Å². The average Bonchev–Trinajstić information content (AvgIpc) is 2.46. The monoisotopic (exact) mass is 273 g/mol. The average molecular weight is 273 g/mol. The second-order valence-corrected chi connectivity index (χ2v) is 4.29. The summed E-state index contributed by atoms with van der Waals surface area (Å²) in [5.74, 6) is 0.774. The van der Waals surface area contributed by atoms with Crippen molar-refractivity contribution in [3.63, 3.8) is 0 Å². The Bertz CT molecular complexity index is 543. The quantitative estimate of drug-likeness (QED) is 0.862. The first kappa shape index (κ1) is 13.4. The molecule has 0 spiro atoms. The van der Waals surface area contributed by atoms with Gasteiger partial charge in [0, 0.05) is 11.8 Å². The van der Waals surface area contributed by atoms with Gasteiger partial charge in [0.15, 0.2) is 0 Å². The summed E-state index contributed by atoms with van der Waals surface area (Å²) in [6, 6.07) is 17.4. The number of ether oxygens (including phenoxy) is 2. The van der Waals surface area contributed by atoms with Crippen LogP contribution in [0.2, 0.25) is 0 Å². The third kappa shape index (κ3) is 4.26. The Balaban J connectivity index is 1.87. The van der Waals surface area contributed by atoms with Crippen LogP contribution >= 0.6 is 12.2 Å². The molecule has 2 aromatic rings. The molecule has 0 saturated carbocycles. The Morgan fingerprint density at radius 2 is 1.89 bits per heavy atom. The molecule has 3 nitrogen and oxygen atoms in total. The Kier molecular flexibility index (Phi) is 4.75. The molecular weight excluding hydrogens is 258 g/mol. The van der Waals surface area contributed by atoms with Crippen LogP contribution in [0.5, 0.6) is 5.75 Å². The molecule has 0 aliphatic carbocycles. The van der Waals surface area contributed by atoms with Gasteiger partial charge in [-0.15, -0.1) is 0 Å². The van der Waals surface area contributed by atoms with Crippen molar-refractivity contribution in [1.82, 2.24) is 0 Å². The smallest absolute Gasteiger partial charge is 0.261 e. The minimum atomic E-state index is 0.345. The predicted octanol–water partition coefficient (Wildman–Crippen LogP) is 3.61. The van der Waals surface area contributed by atoms with Gasteiger partial charge in [-0.1, -0.05) is 36.4 Å². The number of hydrogen-bond donors (Lipinski definition) is 1. The van der Waals surface area contributed by atoms with E-state index in [9.17, 15) is 0 Å². The normalized spacial score (nSPS) is 9.74. The van der Waals surface area contributed by atoms with E-state index in [1.807, 2.05) is 54.6 Å². The standard InChI is InChI=1S/C15H15NO2S/c1-17-14-9-5-8-13(10-14)16-15(19)18-11-12-6-3-2-4-7-12/h2-10H,11H2,1H3,(H,16,19). The Morgan fingerprint density at radius 1 is 1.11 bits per heavy atom. The molecule has 0 bridgehead atoms. The first-order valence-corrected chi connectivity index (χ1v) is 6.30. The number of rotatable bonds is 4. The molecule has 0 aliphatic rings. The zero-order valence-electron chi connectivity index (χ0n) is 10.6. The highest BCUT2D eigenvalue weighted by Crippen LogP contribution is 2.17. The molecule has 2 aromatic carbocycles. The summed E-state index contributed by atoms with van der Waals surface area (Å²) in [6.45, 7) is 0.455. The molecule has 0 fully saturated rings. The van der Waals surface area contributed by atoms with Gasteiger partial charge < -0.3 is 14.8 Å². The van der Waals surface area contributed by atoms with E-state index >= 15 is 0 Å². The zero-order valence-corrected chi connectivity index (χ0v) is 11.4. The number of hydrogen-bond acceptors (Lipinski definition) is 3. The second-order valence-electron chi connectivity index (χ2n) is 3.92. The Morgan fingerprint density at radius 3 is 2.63 bits per heavy atom. The van der Waals surface area contributed by atoms with E-state index in [-0.39, 0.29) is 0 Å². The third-order valence-corrected chi connectivity index (χ3v) is 2.75. The van der Waals surface area contributed by atoms with E-state index in [0.717, 1.165) is 17.0 Å². The fraction of sp³-hybridized carbons (Fsp3) is 0.133. The van der Waals surface area contributed by atoms with Crippen molar-refractivity contribution in [2.24, 2.45) is 0 Å². The van der Waals surface area contributed by atoms with Gasteiger partial charge in [-0.2, -0.15) is 0 Å². The van der Waals surface area contributed by atoms with Crippen molar-refractivity contribution in [3.05, 3.63) is 60.2 Å². The molecule has 2 rings (SSSR count). The van der Waals surface area contributed by atoms with E-state index in [4.69, 9.17) is 21.7 Å². The lowest BCUT2D eigenvalue weighted by atomic mass is 10.2. The molecule has 0 atom stereocenters. The largest absolute Gasteiger partial charge is 0.497 e. The molecule has 0 radical (unpaired) electrons. The first-order valence-electron chi connectivity index (χ1n) is 5.89. The van der Waals surface area contributed by atoms with Crippen molar-refractivity contribution in [3.8, 4) is 5.75 Å². The van der Waals surface area contributed by atoms with Crippen molar-refractivity contribution in [2.75, 3.05) is 12.4 Å². The number of benzene rings is 2. The highest BCUT2D eigenvalue weighted by molar-refractivity contribution is 7.80. The van der Waals surface area contributed by atoms with Crippen LogP contribution in [-0.4, -0.2) is 12.3 Å². The Labute approximate surface area is 118 Å². The number of nitrogens with one attached hydrogen (secondary N) is 1. The highest BCUT2D eigenvalue weighted by atomic mass is 32.1. The van der Waals surface area contributed by atoms with Gasteiger partial charge in [0.1, 0.15) is 12.4 Å². The summed E-state index contributed by atoms with van der Waals surface area (Å²) >= 11 is 5.14. The summed E-state index contributed by atoms with van der Waals surface area (Å²) in [7, 11) is 1.63. The van der Waals surface area contributed by atoms with Crippen LogP contribution in [0.1, 0.15) is 5.56 Å². The van der Waals surface area contributed by atoms with Gasteiger partial charge in [-0.3, -0.25) is 0 Å². The van der Waals surface area contributed by atoms with Gasteiger partial charge >= 0.3 is 0 Å². The van der Waals surface area contributed by atoms with E-state index in [0.29, 0.717) is 11.8 Å². The lowest BCUT2D eigenvalue weighted by molar-refractivity contribution is 0.300. The fourth-order valence-corrected chi connectivity index (χ4v) is 1.75. The van der Waals surface area contributed by atoms with Gasteiger partial charge in [-0.25, -0.2) is 0 Å². The van der Waals surface area contributed by atoms with Gasteiger partial charge in [0.2, 0.25) is 0 Å². The molecule has 1 N–H and O–H groups in total. The molecule has 0 aromatic heterocycles. The SMILES string of the molecule is COc1cccc(NC(=S)OCc2ccccc2)c1. The molecule has 0 saturated heterocycles. The molecule has 4 heteroatoms. The predicted molar refractivity (Wildman–Crippen MR) is 80.4 cm³/mol. The Hall–Kier alpha value is -2.07. The summed E-state index contributed by atoms with van der Waals surface area (Å²) in [6.07, 6.45) is 0. The molecule has 98 valence electrons. The molecule has 0 aliphatic heterocycles. The second kappa shape index (κ2) is 6.75. The third-order valence-electron chi connectivity index (χ3n) is 2.53. The van der Waals surface area contributed by atoms with Crippen molar-refractivity contribution in [1.29, 1.82) is 0 Å². The fourth-order valence-electron chi connectivity index (χ4n) is 1.58. The molecule has 0 heterocycles. The van der Waals surface area contributed by atoms with Crippen LogP contribution < -0.4 is 10.1 Å². The zero-order chi connectivity index (χ0) is 13.5.